The van der Waals surface area contributed by atoms with E-state index in [9.17, 15) is 5.11 Å². The average molecular weight is 320 g/mol. The van der Waals surface area contributed by atoms with Crippen LogP contribution in [-0.2, 0) is 9.37 Å². The van der Waals surface area contributed by atoms with E-state index in [4.69, 9.17) is 11.0 Å². The highest BCUT2D eigenvalue weighted by Crippen LogP contribution is 2.44. The van der Waals surface area contributed by atoms with Crippen molar-refractivity contribution in [1.29, 1.82) is 0 Å². The molecule has 8 nitrogen and oxygen atoms in total. The van der Waals surface area contributed by atoms with Gasteiger partial charge in [0.2, 0.25) is 0 Å². The first kappa shape index (κ1) is 16.2. The Balaban J connectivity index is 2.66. The second-order valence-corrected chi connectivity index (χ2v) is 5.02. The third-order valence-corrected chi connectivity index (χ3v) is 3.65. The topological polar surface area (TPSA) is 122 Å². The van der Waals surface area contributed by atoms with Crippen LogP contribution in [0.2, 0.25) is 0 Å². The van der Waals surface area contributed by atoms with Gasteiger partial charge in [-0.3, -0.25) is 0 Å². The summed E-state index contributed by atoms with van der Waals surface area (Å²) in [7, 11) is 0.0553. The van der Waals surface area contributed by atoms with Gasteiger partial charge in [0.25, 0.3) is 0 Å². The van der Waals surface area contributed by atoms with Crippen LogP contribution in [0.5, 0.6) is 5.75 Å². The molecule has 0 atom stereocenters. The van der Waals surface area contributed by atoms with Gasteiger partial charge in [0.1, 0.15) is 5.69 Å². The van der Waals surface area contributed by atoms with Crippen molar-refractivity contribution in [2.75, 3.05) is 5.73 Å². The number of rotatable bonds is 6. The summed E-state index contributed by atoms with van der Waals surface area (Å²) in [6, 6.07) is 5.10. The number of hydrogen-bond donors (Lipinski definition) is 3. The lowest BCUT2D eigenvalue weighted by atomic mass is 10.0. The highest BCUT2D eigenvalue weighted by molar-refractivity contribution is 7.94. The summed E-state index contributed by atoms with van der Waals surface area (Å²) >= 11 is 0.676. The molecular weight excluding hydrogens is 307 g/mol. The predicted molar refractivity (Wildman–Crippen MR) is 86.6 cm³/mol. The number of fused-ring (bicyclic) bond motifs is 1. The van der Waals surface area contributed by atoms with Crippen molar-refractivity contribution in [2.24, 2.45) is 15.0 Å². The Morgan fingerprint density at radius 2 is 2.14 bits per heavy atom. The summed E-state index contributed by atoms with van der Waals surface area (Å²) in [4.78, 5) is 3.94. The van der Waals surface area contributed by atoms with Gasteiger partial charge in [-0.25, -0.2) is 10.3 Å². The van der Waals surface area contributed by atoms with Crippen LogP contribution in [0.15, 0.2) is 38.1 Å². The minimum absolute atomic E-state index is 0.0553. The molecule has 0 unspecified atom stereocenters. The number of nitrogens with zero attached hydrogens (tertiary/aromatic N) is 3. The van der Waals surface area contributed by atoms with Crippen molar-refractivity contribution in [1.82, 2.24) is 0 Å². The molecule has 0 saturated heterocycles. The zero-order chi connectivity index (χ0) is 16.1. The Morgan fingerprint density at radius 1 is 1.36 bits per heavy atom. The van der Waals surface area contributed by atoms with Gasteiger partial charge in [-0.1, -0.05) is 5.04 Å². The van der Waals surface area contributed by atoms with Crippen LogP contribution >= 0.6 is 12.0 Å². The molecule has 0 saturated carbocycles. The van der Waals surface area contributed by atoms with Crippen molar-refractivity contribution in [3.8, 4) is 5.75 Å². The minimum Gasteiger partial charge on any atom is -0.505 e. The molecule has 2 aromatic rings. The number of aryl methyl sites for hydroxylation is 1. The number of hydrogen-bond acceptors (Lipinski definition) is 9. The average Bonchev–Trinajstić information content (AvgIpc) is 2.51. The smallest absolute Gasteiger partial charge is 0.420 e. The van der Waals surface area contributed by atoms with Crippen LogP contribution in [-0.4, -0.2) is 24.6 Å². The molecule has 0 aliphatic rings. The SMILES string of the molecule is C=NBN=Nc1c(SOOO)cc2c(C)c(N)ccc2c1O. The number of phenols is 1. The highest BCUT2D eigenvalue weighted by atomic mass is 32.2. The standard InChI is InChI=1S/C12H13BN4O4S/c1-6-8-5-10(22-21-20-19)11(16-17-13-15-2)12(18)7(8)3-4-9(6)14/h3-5,13,18-19H,2,14H2,1H3. The van der Waals surface area contributed by atoms with E-state index in [0.29, 0.717) is 28.0 Å². The number of benzene rings is 2. The maximum absolute atomic E-state index is 10.4. The number of anilines is 1. The van der Waals surface area contributed by atoms with Crippen molar-refractivity contribution in [3.63, 3.8) is 0 Å². The first-order valence-electron chi connectivity index (χ1n) is 6.09. The van der Waals surface area contributed by atoms with Gasteiger partial charge < -0.3 is 15.7 Å². The third-order valence-electron chi connectivity index (χ3n) is 3.03. The van der Waals surface area contributed by atoms with Gasteiger partial charge in [-0.2, -0.15) is 5.11 Å². The van der Waals surface area contributed by atoms with E-state index >= 15 is 0 Å². The quantitative estimate of drug-likeness (QED) is 0.143. The monoisotopic (exact) mass is 320 g/mol. The fraction of sp³-hybridized carbons (Fsp3) is 0.0833. The molecule has 0 aliphatic carbocycles. The van der Waals surface area contributed by atoms with Crippen LogP contribution in [0.1, 0.15) is 5.56 Å². The molecule has 0 spiro atoms. The summed E-state index contributed by atoms with van der Waals surface area (Å²) in [6.45, 7) is 5.13. The Labute approximate surface area is 131 Å². The molecule has 114 valence electrons. The number of nitrogens with two attached hydrogens (primary N) is 1. The molecule has 0 aliphatic heterocycles. The van der Waals surface area contributed by atoms with E-state index in [1.54, 1.807) is 18.2 Å². The minimum atomic E-state index is -0.0857. The summed E-state index contributed by atoms with van der Waals surface area (Å²) in [5, 5.41) is 31.3. The fourth-order valence-electron chi connectivity index (χ4n) is 1.94. The van der Waals surface area contributed by atoms with Crippen molar-refractivity contribution >= 4 is 48.5 Å². The molecular formula is C12H13BN4O4S. The van der Waals surface area contributed by atoms with Crippen molar-refractivity contribution in [3.05, 3.63) is 23.8 Å². The number of aromatic hydroxyl groups is 1. The van der Waals surface area contributed by atoms with E-state index in [0.717, 1.165) is 10.9 Å². The zero-order valence-electron chi connectivity index (χ0n) is 11.7. The summed E-state index contributed by atoms with van der Waals surface area (Å²) in [5.41, 5.74) is 7.44. The molecule has 0 bridgehead atoms. The van der Waals surface area contributed by atoms with Crippen LogP contribution in [0.25, 0.3) is 10.8 Å². The first-order valence-corrected chi connectivity index (χ1v) is 6.83. The van der Waals surface area contributed by atoms with Gasteiger partial charge in [0.15, 0.2) is 5.75 Å². The van der Waals surface area contributed by atoms with E-state index in [-0.39, 0.29) is 19.0 Å². The van der Waals surface area contributed by atoms with E-state index in [1.165, 1.54) is 0 Å². The number of phenolic OH excluding ortho intramolecular Hbond substituents is 1. The molecule has 22 heavy (non-hydrogen) atoms. The van der Waals surface area contributed by atoms with Crippen molar-refractivity contribution in [2.45, 2.75) is 11.8 Å². The summed E-state index contributed by atoms with van der Waals surface area (Å²) < 4.78 is 4.43. The summed E-state index contributed by atoms with van der Waals surface area (Å²) in [6.07, 6.45) is 0. The second kappa shape index (κ2) is 7.23. The van der Waals surface area contributed by atoms with Gasteiger partial charge in [0, 0.05) is 11.1 Å². The normalized spacial score (nSPS) is 11.2. The Hall–Kier alpha value is -2.14. The maximum Gasteiger partial charge on any atom is 0.420 e. The first-order chi connectivity index (χ1) is 10.6. The third kappa shape index (κ3) is 3.20. The lowest BCUT2D eigenvalue weighted by Gasteiger charge is -2.11. The molecule has 2 rings (SSSR count). The van der Waals surface area contributed by atoms with Crippen LogP contribution < -0.4 is 5.73 Å². The maximum atomic E-state index is 10.4. The fourth-order valence-corrected chi connectivity index (χ4v) is 2.43. The Morgan fingerprint density at radius 3 is 2.82 bits per heavy atom. The van der Waals surface area contributed by atoms with E-state index < -0.39 is 0 Å². The predicted octanol–water partition coefficient (Wildman–Crippen LogP) is 2.92. The van der Waals surface area contributed by atoms with Crippen LogP contribution in [0, 0.1) is 6.92 Å². The summed E-state index contributed by atoms with van der Waals surface area (Å²) in [5.74, 6) is -0.0857. The zero-order valence-corrected chi connectivity index (χ0v) is 12.5. The molecule has 0 amide bonds. The molecule has 10 heteroatoms. The molecule has 0 fully saturated rings. The Bertz CT molecular complexity index is 741. The molecule has 2 aromatic carbocycles. The molecule has 0 heterocycles. The molecule has 4 N–H and O–H groups in total. The van der Waals surface area contributed by atoms with Gasteiger partial charge >= 0.3 is 7.55 Å². The Kier molecular flexibility index (Phi) is 5.33. The largest absolute Gasteiger partial charge is 0.505 e. The van der Waals surface area contributed by atoms with Crippen molar-refractivity contribution < 1.29 is 19.7 Å². The highest BCUT2D eigenvalue weighted by Gasteiger charge is 2.16. The lowest BCUT2D eigenvalue weighted by Crippen LogP contribution is -1.91. The lowest BCUT2D eigenvalue weighted by molar-refractivity contribution is -0.432. The second-order valence-electron chi connectivity index (χ2n) is 4.28. The van der Waals surface area contributed by atoms with Crippen LogP contribution in [0.4, 0.5) is 11.4 Å². The van der Waals surface area contributed by atoms with Gasteiger partial charge in [-0.15, -0.1) is 4.33 Å². The molecule has 0 aromatic heterocycles. The van der Waals surface area contributed by atoms with Crippen LogP contribution in [0.3, 0.4) is 0 Å². The number of nitrogen functional groups attached to an aromatic ring is 1. The van der Waals surface area contributed by atoms with E-state index in [1.807, 2.05) is 6.92 Å². The van der Waals surface area contributed by atoms with E-state index in [2.05, 4.69) is 31.1 Å². The molecule has 0 radical (unpaired) electrons. The van der Waals surface area contributed by atoms with Gasteiger partial charge in [0.05, 0.1) is 16.9 Å². The van der Waals surface area contributed by atoms with Gasteiger partial charge in [-0.05, 0) is 42.8 Å².